The molecule has 6 nitrogen and oxygen atoms in total. The Balaban J connectivity index is 1.78. The first-order valence-electron chi connectivity index (χ1n) is 5.82. The van der Waals surface area contributed by atoms with Crippen molar-refractivity contribution in [3.8, 4) is 5.69 Å². The Morgan fingerprint density at radius 1 is 1.30 bits per heavy atom. The minimum Gasteiger partial charge on any atom is -0.361 e. The Hall–Kier alpha value is -1.86. The van der Waals surface area contributed by atoms with Crippen LogP contribution in [-0.4, -0.2) is 25.4 Å². The van der Waals surface area contributed by atoms with Gasteiger partial charge >= 0.3 is 0 Å². The lowest BCUT2D eigenvalue weighted by Gasteiger charge is -2.03. The van der Waals surface area contributed by atoms with Gasteiger partial charge in [-0.25, -0.2) is 0 Å². The lowest BCUT2D eigenvalue weighted by molar-refractivity contribution is 0.393. The van der Waals surface area contributed by atoms with E-state index < -0.39 is 0 Å². The highest BCUT2D eigenvalue weighted by Gasteiger charge is 2.10. The number of rotatable bonds is 4. The molecular formula is C12H10ClN5OS. The molecule has 3 aromatic rings. The van der Waals surface area contributed by atoms with E-state index in [0.29, 0.717) is 15.9 Å². The molecule has 2 heterocycles. The number of nitrogens with zero attached hydrogens (tertiary/aromatic N) is 5. The van der Waals surface area contributed by atoms with Crippen molar-refractivity contribution in [2.24, 2.45) is 0 Å². The Bertz CT molecular complexity index is 709. The Labute approximate surface area is 124 Å². The van der Waals surface area contributed by atoms with Crippen LogP contribution in [0, 0.1) is 6.92 Å². The van der Waals surface area contributed by atoms with Gasteiger partial charge < -0.3 is 4.52 Å². The van der Waals surface area contributed by atoms with E-state index in [1.807, 2.05) is 25.1 Å². The number of thioether (sulfide) groups is 1. The summed E-state index contributed by atoms with van der Waals surface area (Å²) in [6, 6.07) is 9.22. The van der Waals surface area contributed by atoms with Gasteiger partial charge in [-0.3, -0.25) is 0 Å². The smallest absolute Gasteiger partial charge is 0.214 e. The van der Waals surface area contributed by atoms with Crippen LogP contribution in [0.2, 0.25) is 5.02 Å². The molecule has 102 valence electrons. The van der Waals surface area contributed by atoms with Gasteiger partial charge in [-0.05, 0) is 41.6 Å². The summed E-state index contributed by atoms with van der Waals surface area (Å²) in [6.07, 6.45) is 0. The summed E-state index contributed by atoms with van der Waals surface area (Å²) in [5, 5.41) is 17.0. The average molecular weight is 308 g/mol. The number of halogens is 1. The molecule has 0 N–H and O–H groups in total. The average Bonchev–Trinajstić information content (AvgIpc) is 3.06. The molecule has 3 rings (SSSR count). The zero-order valence-electron chi connectivity index (χ0n) is 10.5. The summed E-state index contributed by atoms with van der Waals surface area (Å²) in [7, 11) is 0. The number of tetrazole rings is 1. The van der Waals surface area contributed by atoms with Gasteiger partial charge in [0, 0.05) is 16.8 Å². The molecule has 1 aromatic carbocycles. The fourth-order valence-electron chi connectivity index (χ4n) is 1.64. The lowest BCUT2D eigenvalue weighted by atomic mass is 10.3. The molecule has 20 heavy (non-hydrogen) atoms. The van der Waals surface area contributed by atoms with Crippen LogP contribution in [0.15, 0.2) is 40.0 Å². The Kier molecular flexibility index (Phi) is 3.70. The van der Waals surface area contributed by atoms with Crippen molar-refractivity contribution < 1.29 is 4.52 Å². The van der Waals surface area contributed by atoms with Gasteiger partial charge in [0.1, 0.15) is 5.76 Å². The van der Waals surface area contributed by atoms with Gasteiger partial charge in [0.15, 0.2) is 0 Å². The van der Waals surface area contributed by atoms with Gasteiger partial charge in [-0.2, -0.15) is 4.68 Å². The highest BCUT2D eigenvalue weighted by atomic mass is 35.5. The molecule has 0 aliphatic heterocycles. The van der Waals surface area contributed by atoms with Crippen LogP contribution in [0.5, 0.6) is 0 Å². The summed E-state index contributed by atoms with van der Waals surface area (Å²) in [4.78, 5) is 0. The SMILES string of the molecule is Cc1cc(CSc2nnnn2-c2ccc(Cl)cc2)no1. The third kappa shape index (κ3) is 2.83. The highest BCUT2D eigenvalue weighted by molar-refractivity contribution is 7.98. The fraction of sp³-hybridized carbons (Fsp3) is 0.167. The summed E-state index contributed by atoms with van der Waals surface area (Å²) in [5.41, 5.74) is 1.72. The van der Waals surface area contributed by atoms with Crippen molar-refractivity contribution in [3.63, 3.8) is 0 Å². The molecule has 8 heteroatoms. The van der Waals surface area contributed by atoms with Crippen LogP contribution >= 0.6 is 23.4 Å². The predicted octanol–water partition coefficient (Wildman–Crippen LogP) is 2.90. The number of benzene rings is 1. The maximum atomic E-state index is 5.87. The standard InChI is InChI=1S/C12H10ClN5OS/c1-8-6-10(15-19-8)7-20-12-14-16-17-18(12)11-4-2-9(13)3-5-11/h2-6H,7H2,1H3. The van der Waals surface area contributed by atoms with E-state index >= 15 is 0 Å². The topological polar surface area (TPSA) is 69.6 Å². The molecule has 0 radical (unpaired) electrons. The van der Waals surface area contributed by atoms with Crippen molar-refractivity contribution in [1.82, 2.24) is 25.4 Å². The Morgan fingerprint density at radius 2 is 2.10 bits per heavy atom. The maximum Gasteiger partial charge on any atom is 0.214 e. The van der Waals surface area contributed by atoms with E-state index in [4.69, 9.17) is 16.1 Å². The molecule has 2 aromatic heterocycles. The summed E-state index contributed by atoms with van der Waals surface area (Å²) < 4.78 is 6.69. The maximum absolute atomic E-state index is 5.87. The van der Waals surface area contributed by atoms with E-state index in [1.165, 1.54) is 11.8 Å². The van der Waals surface area contributed by atoms with E-state index in [1.54, 1.807) is 16.8 Å². The predicted molar refractivity (Wildman–Crippen MR) is 75.0 cm³/mol. The highest BCUT2D eigenvalue weighted by Crippen LogP contribution is 2.22. The van der Waals surface area contributed by atoms with Crippen molar-refractivity contribution in [2.45, 2.75) is 17.8 Å². The Morgan fingerprint density at radius 3 is 2.80 bits per heavy atom. The molecule has 0 bridgehead atoms. The molecule has 0 amide bonds. The molecule has 0 fully saturated rings. The summed E-state index contributed by atoms with van der Waals surface area (Å²) in [5.74, 6) is 1.43. The third-order valence-electron chi connectivity index (χ3n) is 2.54. The van der Waals surface area contributed by atoms with Gasteiger partial charge in [0.2, 0.25) is 5.16 Å². The quantitative estimate of drug-likeness (QED) is 0.690. The molecule has 0 saturated carbocycles. The van der Waals surface area contributed by atoms with Crippen LogP contribution in [0.3, 0.4) is 0 Å². The minimum atomic E-state index is 0.644. The van der Waals surface area contributed by atoms with Crippen molar-refractivity contribution in [1.29, 1.82) is 0 Å². The van der Waals surface area contributed by atoms with Crippen LogP contribution in [0.1, 0.15) is 11.5 Å². The molecule has 0 aliphatic rings. The molecule has 0 unspecified atom stereocenters. The first-order chi connectivity index (χ1) is 9.72. The van der Waals surface area contributed by atoms with Crippen molar-refractivity contribution in [2.75, 3.05) is 0 Å². The number of aryl methyl sites for hydroxylation is 1. The van der Waals surface area contributed by atoms with E-state index in [-0.39, 0.29) is 0 Å². The van der Waals surface area contributed by atoms with E-state index in [2.05, 4.69) is 20.7 Å². The fourth-order valence-corrected chi connectivity index (χ4v) is 2.54. The van der Waals surface area contributed by atoms with Crippen LogP contribution in [-0.2, 0) is 5.75 Å². The second kappa shape index (κ2) is 5.64. The second-order valence-electron chi connectivity index (χ2n) is 4.07. The summed E-state index contributed by atoms with van der Waals surface area (Å²) in [6.45, 7) is 1.86. The minimum absolute atomic E-state index is 0.644. The van der Waals surface area contributed by atoms with Gasteiger partial charge in [-0.1, -0.05) is 28.5 Å². The number of hydrogen-bond acceptors (Lipinski definition) is 6. The number of aromatic nitrogens is 5. The second-order valence-corrected chi connectivity index (χ2v) is 5.45. The molecule has 0 saturated heterocycles. The van der Waals surface area contributed by atoms with Crippen molar-refractivity contribution >= 4 is 23.4 Å². The molecule has 0 aliphatic carbocycles. The van der Waals surface area contributed by atoms with Crippen molar-refractivity contribution in [3.05, 3.63) is 46.8 Å². The summed E-state index contributed by atoms with van der Waals surface area (Å²) >= 11 is 7.36. The van der Waals surface area contributed by atoms with E-state index in [9.17, 15) is 0 Å². The van der Waals surface area contributed by atoms with Crippen LogP contribution in [0.25, 0.3) is 5.69 Å². The van der Waals surface area contributed by atoms with Gasteiger partial charge in [-0.15, -0.1) is 5.10 Å². The van der Waals surface area contributed by atoms with Crippen LogP contribution < -0.4 is 0 Å². The van der Waals surface area contributed by atoms with E-state index in [0.717, 1.165) is 17.1 Å². The number of hydrogen-bond donors (Lipinski definition) is 0. The third-order valence-corrected chi connectivity index (χ3v) is 3.74. The first kappa shape index (κ1) is 13.1. The monoisotopic (exact) mass is 307 g/mol. The normalized spacial score (nSPS) is 10.9. The molecular weight excluding hydrogens is 298 g/mol. The molecule has 0 atom stereocenters. The van der Waals surface area contributed by atoms with Gasteiger partial charge in [0.05, 0.1) is 11.4 Å². The molecule has 0 spiro atoms. The lowest BCUT2D eigenvalue weighted by Crippen LogP contribution is -1.98. The van der Waals surface area contributed by atoms with Crippen LogP contribution in [0.4, 0.5) is 0 Å². The zero-order chi connectivity index (χ0) is 13.9. The first-order valence-corrected chi connectivity index (χ1v) is 7.18. The van der Waals surface area contributed by atoms with Gasteiger partial charge in [0.25, 0.3) is 0 Å². The zero-order valence-corrected chi connectivity index (χ0v) is 12.1. The largest absolute Gasteiger partial charge is 0.361 e.